The van der Waals surface area contributed by atoms with Gasteiger partial charge in [-0.25, -0.2) is 8.42 Å². The fraction of sp³-hybridized carbons (Fsp3) is 0.231. The Morgan fingerprint density at radius 1 is 1.30 bits per heavy atom. The zero-order valence-electron chi connectivity index (χ0n) is 11.0. The largest absolute Gasteiger partial charge is 0.360 e. The zero-order chi connectivity index (χ0) is 14.8. The maximum atomic E-state index is 12.3. The Balaban J connectivity index is 2.27. The number of aryl methyl sites for hydroxylation is 2. The predicted molar refractivity (Wildman–Crippen MR) is 72.5 cm³/mol. The molecule has 2 aromatic rings. The second kappa shape index (κ2) is 5.35. The van der Waals surface area contributed by atoms with Crippen LogP contribution in [0.4, 0.5) is 5.69 Å². The highest BCUT2D eigenvalue weighted by Crippen LogP contribution is 2.22. The first kappa shape index (κ1) is 14.1. The van der Waals surface area contributed by atoms with Crippen LogP contribution in [0.3, 0.4) is 0 Å². The van der Waals surface area contributed by atoms with Crippen molar-refractivity contribution >= 4 is 15.7 Å². The standard InChI is InChI=1S/C13H13N3O3S/c1-9-13(10(2)19-15-9)20(17,18)16-12-5-3-11(4-6-12)7-8-14/h3-6,16H,7H2,1-2H3. The summed E-state index contributed by atoms with van der Waals surface area (Å²) in [7, 11) is -3.73. The van der Waals surface area contributed by atoms with Crippen molar-refractivity contribution in [2.75, 3.05) is 4.72 Å². The molecule has 1 aromatic carbocycles. The minimum absolute atomic E-state index is 0.0543. The van der Waals surface area contributed by atoms with E-state index >= 15 is 0 Å². The van der Waals surface area contributed by atoms with Gasteiger partial charge in [-0.3, -0.25) is 4.72 Å². The fourth-order valence-corrected chi connectivity index (χ4v) is 3.24. The zero-order valence-corrected chi connectivity index (χ0v) is 11.9. The minimum Gasteiger partial charge on any atom is -0.360 e. The van der Waals surface area contributed by atoms with E-state index in [2.05, 4.69) is 9.88 Å². The maximum Gasteiger partial charge on any atom is 0.267 e. The fourth-order valence-electron chi connectivity index (χ4n) is 1.85. The van der Waals surface area contributed by atoms with Crippen LogP contribution in [0, 0.1) is 25.2 Å². The summed E-state index contributed by atoms with van der Waals surface area (Å²) >= 11 is 0. The van der Waals surface area contributed by atoms with Gasteiger partial charge in [-0.2, -0.15) is 5.26 Å². The molecular weight excluding hydrogens is 278 g/mol. The molecule has 20 heavy (non-hydrogen) atoms. The van der Waals surface area contributed by atoms with Gasteiger partial charge in [0, 0.05) is 5.69 Å². The van der Waals surface area contributed by atoms with Crippen LogP contribution < -0.4 is 4.72 Å². The van der Waals surface area contributed by atoms with Crippen LogP contribution in [0.5, 0.6) is 0 Å². The third-order valence-corrected chi connectivity index (χ3v) is 4.35. The van der Waals surface area contributed by atoms with Gasteiger partial charge in [-0.1, -0.05) is 17.3 Å². The Hall–Kier alpha value is -2.33. The molecule has 0 amide bonds. The van der Waals surface area contributed by atoms with Crippen LogP contribution in [0.15, 0.2) is 33.7 Å². The summed E-state index contributed by atoms with van der Waals surface area (Å²) < 4.78 is 31.8. The lowest BCUT2D eigenvalue weighted by molar-refractivity contribution is 0.390. The summed E-state index contributed by atoms with van der Waals surface area (Å²) in [5, 5.41) is 12.2. The van der Waals surface area contributed by atoms with E-state index < -0.39 is 10.0 Å². The molecule has 1 aromatic heterocycles. The third-order valence-electron chi connectivity index (χ3n) is 2.73. The molecule has 1 heterocycles. The average Bonchev–Trinajstić information content (AvgIpc) is 2.72. The van der Waals surface area contributed by atoms with Gasteiger partial charge in [0.25, 0.3) is 10.0 Å². The van der Waals surface area contributed by atoms with Gasteiger partial charge in [0.1, 0.15) is 5.69 Å². The van der Waals surface area contributed by atoms with Crippen molar-refractivity contribution in [1.82, 2.24) is 5.16 Å². The Morgan fingerprint density at radius 2 is 1.95 bits per heavy atom. The van der Waals surface area contributed by atoms with E-state index in [1.54, 1.807) is 38.1 Å². The smallest absolute Gasteiger partial charge is 0.267 e. The molecule has 0 fully saturated rings. The quantitative estimate of drug-likeness (QED) is 0.931. The molecule has 0 aliphatic heterocycles. The van der Waals surface area contributed by atoms with Gasteiger partial charge >= 0.3 is 0 Å². The van der Waals surface area contributed by atoms with Crippen LogP contribution >= 0.6 is 0 Å². The summed E-state index contributed by atoms with van der Waals surface area (Å²) in [6.45, 7) is 3.12. The van der Waals surface area contributed by atoms with E-state index in [1.165, 1.54) is 0 Å². The van der Waals surface area contributed by atoms with E-state index in [4.69, 9.17) is 9.78 Å². The molecule has 0 aliphatic rings. The summed E-state index contributed by atoms with van der Waals surface area (Å²) in [6, 6.07) is 8.66. The number of rotatable bonds is 4. The van der Waals surface area contributed by atoms with Gasteiger partial charge in [0.15, 0.2) is 10.7 Å². The van der Waals surface area contributed by atoms with Crippen LogP contribution in [-0.2, 0) is 16.4 Å². The van der Waals surface area contributed by atoms with Crippen molar-refractivity contribution in [2.24, 2.45) is 0 Å². The van der Waals surface area contributed by atoms with Crippen molar-refractivity contribution in [3.05, 3.63) is 41.3 Å². The van der Waals surface area contributed by atoms with Gasteiger partial charge in [-0.15, -0.1) is 0 Å². The topological polar surface area (TPSA) is 96.0 Å². The van der Waals surface area contributed by atoms with Crippen molar-refractivity contribution in [3.8, 4) is 6.07 Å². The number of aromatic nitrogens is 1. The average molecular weight is 291 g/mol. The van der Waals surface area contributed by atoms with E-state index in [9.17, 15) is 8.42 Å². The molecule has 0 saturated heterocycles. The molecule has 0 bridgehead atoms. The second-order valence-electron chi connectivity index (χ2n) is 4.29. The Labute approximate surface area is 117 Å². The first-order valence-electron chi connectivity index (χ1n) is 5.85. The molecule has 2 rings (SSSR count). The van der Waals surface area contributed by atoms with Crippen molar-refractivity contribution < 1.29 is 12.9 Å². The summed E-state index contributed by atoms with van der Waals surface area (Å²) in [5.74, 6) is 0.246. The van der Waals surface area contributed by atoms with Crippen LogP contribution in [0.25, 0.3) is 0 Å². The van der Waals surface area contributed by atoms with Crippen molar-refractivity contribution in [2.45, 2.75) is 25.2 Å². The first-order chi connectivity index (χ1) is 9.44. The minimum atomic E-state index is -3.73. The summed E-state index contributed by atoms with van der Waals surface area (Å²) in [5.41, 5.74) is 1.57. The van der Waals surface area contributed by atoms with Crippen molar-refractivity contribution in [1.29, 1.82) is 5.26 Å². The molecular formula is C13H13N3O3S. The predicted octanol–water partition coefficient (Wildman–Crippen LogP) is 2.16. The van der Waals surface area contributed by atoms with E-state index in [0.29, 0.717) is 11.4 Å². The second-order valence-corrected chi connectivity index (χ2v) is 5.91. The summed E-state index contributed by atoms with van der Waals surface area (Å²) in [6.07, 6.45) is 0.289. The molecule has 1 N–H and O–H groups in total. The highest BCUT2D eigenvalue weighted by atomic mass is 32.2. The molecule has 0 radical (unpaired) electrons. The van der Waals surface area contributed by atoms with Crippen LogP contribution in [-0.4, -0.2) is 13.6 Å². The number of nitrogens with zero attached hydrogens (tertiary/aromatic N) is 2. The lowest BCUT2D eigenvalue weighted by Crippen LogP contribution is -2.14. The molecule has 0 spiro atoms. The van der Waals surface area contributed by atoms with Crippen LogP contribution in [0.1, 0.15) is 17.0 Å². The van der Waals surface area contributed by atoms with E-state index in [1.807, 2.05) is 6.07 Å². The lowest BCUT2D eigenvalue weighted by Gasteiger charge is -2.07. The molecule has 104 valence electrons. The molecule has 0 unspecified atom stereocenters. The third kappa shape index (κ3) is 2.81. The number of hydrogen-bond donors (Lipinski definition) is 1. The molecule has 0 aliphatic carbocycles. The Kier molecular flexibility index (Phi) is 3.77. The number of benzene rings is 1. The highest BCUT2D eigenvalue weighted by molar-refractivity contribution is 7.92. The summed E-state index contributed by atoms with van der Waals surface area (Å²) in [4.78, 5) is 0.0543. The maximum absolute atomic E-state index is 12.3. The van der Waals surface area contributed by atoms with E-state index in [0.717, 1.165) is 5.56 Å². The highest BCUT2D eigenvalue weighted by Gasteiger charge is 2.24. The monoisotopic (exact) mass is 291 g/mol. The molecule has 0 atom stereocenters. The first-order valence-corrected chi connectivity index (χ1v) is 7.34. The Bertz CT molecular complexity index is 736. The van der Waals surface area contributed by atoms with Crippen molar-refractivity contribution in [3.63, 3.8) is 0 Å². The molecule has 6 nitrogen and oxygen atoms in total. The van der Waals surface area contributed by atoms with Crippen LogP contribution in [0.2, 0.25) is 0 Å². The number of hydrogen-bond acceptors (Lipinski definition) is 5. The molecule has 7 heteroatoms. The number of nitrogens with one attached hydrogen (secondary N) is 1. The number of sulfonamides is 1. The number of anilines is 1. The lowest BCUT2D eigenvalue weighted by atomic mass is 10.1. The molecule has 0 saturated carbocycles. The van der Waals surface area contributed by atoms with E-state index in [-0.39, 0.29) is 17.1 Å². The van der Waals surface area contributed by atoms with Gasteiger partial charge in [-0.05, 0) is 31.5 Å². The van der Waals surface area contributed by atoms with Gasteiger partial charge in [0.2, 0.25) is 0 Å². The normalized spacial score (nSPS) is 11.1. The van der Waals surface area contributed by atoms with Gasteiger partial charge < -0.3 is 4.52 Å². The van der Waals surface area contributed by atoms with Gasteiger partial charge in [0.05, 0.1) is 12.5 Å². The number of nitriles is 1. The SMILES string of the molecule is Cc1noc(C)c1S(=O)(=O)Nc1ccc(CC#N)cc1. The Morgan fingerprint density at radius 3 is 2.45 bits per heavy atom.